The van der Waals surface area contributed by atoms with Crippen LogP contribution in [0.25, 0.3) is 0 Å². The molecule has 2 aliphatic rings. The summed E-state index contributed by atoms with van der Waals surface area (Å²) < 4.78 is 5.05. The van der Waals surface area contributed by atoms with E-state index in [4.69, 9.17) is 16.3 Å². The molecule has 6 nitrogen and oxygen atoms in total. The molecule has 0 saturated heterocycles. The molecule has 1 aromatic rings. The van der Waals surface area contributed by atoms with E-state index in [0.29, 0.717) is 28.8 Å². The topological polar surface area (TPSA) is 71.0 Å². The number of rotatable bonds is 7. The highest BCUT2D eigenvalue weighted by molar-refractivity contribution is 8.16. The minimum atomic E-state index is -0.511. The molecule has 8 heteroatoms. The van der Waals surface area contributed by atoms with Crippen molar-refractivity contribution < 1.29 is 14.3 Å². The smallest absolute Gasteiger partial charge is 0.338 e. The molecule has 0 aromatic heterocycles. The average molecular weight is 448 g/mol. The van der Waals surface area contributed by atoms with Crippen LogP contribution in [0.3, 0.4) is 0 Å². The normalized spacial score (nSPS) is 18.2. The highest BCUT2D eigenvalue weighted by Crippen LogP contribution is 2.46. The molecule has 0 saturated carbocycles. The van der Waals surface area contributed by atoms with Crippen molar-refractivity contribution in [2.45, 2.75) is 39.7 Å². The summed E-state index contributed by atoms with van der Waals surface area (Å²) in [6.45, 7) is 6.67. The first-order valence-electron chi connectivity index (χ1n) is 9.87. The van der Waals surface area contributed by atoms with Crippen LogP contribution >= 0.6 is 23.4 Å². The van der Waals surface area contributed by atoms with Gasteiger partial charge in [0.2, 0.25) is 5.91 Å². The molecule has 1 aromatic carbocycles. The lowest BCUT2D eigenvalue weighted by Crippen LogP contribution is -2.38. The molecule has 160 valence electrons. The lowest BCUT2D eigenvalue weighted by atomic mass is 9.94. The van der Waals surface area contributed by atoms with Gasteiger partial charge in [-0.15, -0.1) is 0 Å². The van der Waals surface area contributed by atoms with Gasteiger partial charge in [-0.05, 0) is 36.3 Å². The van der Waals surface area contributed by atoms with Crippen LogP contribution in [0.1, 0.15) is 45.2 Å². The van der Waals surface area contributed by atoms with Crippen molar-refractivity contribution in [3.8, 4) is 0 Å². The molecule has 1 unspecified atom stereocenters. The van der Waals surface area contributed by atoms with E-state index < -0.39 is 12.0 Å². The predicted molar refractivity (Wildman–Crippen MR) is 121 cm³/mol. The van der Waals surface area contributed by atoms with Crippen molar-refractivity contribution in [3.63, 3.8) is 0 Å². The van der Waals surface area contributed by atoms with Crippen LogP contribution < -0.4 is 5.32 Å². The highest BCUT2D eigenvalue weighted by atomic mass is 35.5. The first-order chi connectivity index (χ1) is 14.3. The predicted octanol–water partition coefficient (Wildman–Crippen LogP) is 4.64. The van der Waals surface area contributed by atoms with E-state index >= 15 is 0 Å². The summed E-state index contributed by atoms with van der Waals surface area (Å²) in [5, 5.41) is 6.14. The molecule has 1 atom stereocenters. The second-order valence-electron chi connectivity index (χ2n) is 7.62. The Hall–Kier alpha value is -2.25. The second kappa shape index (κ2) is 9.71. The highest BCUT2D eigenvalue weighted by Gasteiger charge is 2.41. The standard InChI is InChI=1S/C22H26ClN3O3S/c1-13(2)9-10-24-18(27)11-15-12-30-22-25-14(3)19(21(28)29-4)20(26(15)22)16-7-5-6-8-17(16)23/h5-8,12-13,20H,9-11H2,1-4H3,(H,24,27). The van der Waals surface area contributed by atoms with Gasteiger partial charge in [0.05, 0.1) is 30.8 Å². The van der Waals surface area contributed by atoms with Crippen LogP contribution in [0.5, 0.6) is 0 Å². The number of ether oxygens (including phenoxy) is 1. The number of benzene rings is 1. The van der Waals surface area contributed by atoms with Crippen LogP contribution in [0, 0.1) is 5.92 Å². The molecule has 2 aliphatic heterocycles. The number of halogens is 1. The van der Waals surface area contributed by atoms with Gasteiger partial charge >= 0.3 is 5.97 Å². The maximum absolute atomic E-state index is 12.7. The van der Waals surface area contributed by atoms with Gasteiger partial charge in [-0.25, -0.2) is 9.79 Å². The van der Waals surface area contributed by atoms with Crippen molar-refractivity contribution in [1.82, 2.24) is 10.2 Å². The number of hydrogen-bond acceptors (Lipinski definition) is 6. The maximum Gasteiger partial charge on any atom is 0.338 e. The quantitative estimate of drug-likeness (QED) is 0.616. The molecule has 0 fully saturated rings. The second-order valence-corrected chi connectivity index (χ2v) is 8.86. The number of aliphatic imine (C=N–C) groups is 1. The molecule has 0 radical (unpaired) electrons. The van der Waals surface area contributed by atoms with Crippen LogP contribution in [-0.4, -0.2) is 35.6 Å². The van der Waals surface area contributed by atoms with Gasteiger partial charge in [0.1, 0.15) is 0 Å². The first kappa shape index (κ1) is 22.4. The number of esters is 1. The van der Waals surface area contributed by atoms with Crippen LogP contribution in [0.2, 0.25) is 5.02 Å². The lowest BCUT2D eigenvalue weighted by Gasteiger charge is -2.36. The minimum Gasteiger partial charge on any atom is -0.466 e. The molecule has 2 heterocycles. The van der Waals surface area contributed by atoms with Crippen LogP contribution in [-0.2, 0) is 14.3 Å². The Labute approximate surface area is 186 Å². The van der Waals surface area contributed by atoms with E-state index in [1.54, 1.807) is 13.0 Å². The zero-order valence-electron chi connectivity index (χ0n) is 17.6. The minimum absolute atomic E-state index is 0.0625. The maximum atomic E-state index is 12.7. The number of hydrogen-bond donors (Lipinski definition) is 1. The number of amides is 1. The molecule has 30 heavy (non-hydrogen) atoms. The molecule has 3 rings (SSSR count). The van der Waals surface area contributed by atoms with Crippen molar-refractivity contribution >= 4 is 40.4 Å². The van der Waals surface area contributed by atoms with Crippen molar-refractivity contribution in [1.29, 1.82) is 0 Å². The molecular formula is C22H26ClN3O3S. The summed E-state index contributed by atoms with van der Waals surface area (Å²) >= 11 is 7.95. The SMILES string of the molecule is COC(=O)C1=C(C)N=C2SC=C(CC(=O)NCCC(C)C)N2C1c1ccccc1Cl. The Morgan fingerprint density at radius 2 is 2.07 bits per heavy atom. The van der Waals surface area contributed by atoms with Crippen molar-refractivity contribution in [3.05, 3.63) is 57.2 Å². The first-order valence-corrected chi connectivity index (χ1v) is 11.1. The van der Waals surface area contributed by atoms with Gasteiger partial charge in [0.25, 0.3) is 0 Å². The van der Waals surface area contributed by atoms with E-state index in [0.717, 1.165) is 22.8 Å². The molecule has 0 spiro atoms. The van der Waals surface area contributed by atoms with Gasteiger partial charge in [0, 0.05) is 17.3 Å². The van der Waals surface area contributed by atoms with Crippen LogP contribution in [0.15, 0.2) is 51.6 Å². The van der Waals surface area contributed by atoms with E-state index in [1.165, 1.54) is 18.9 Å². The molecule has 1 amide bonds. The third-order valence-corrected chi connectivity index (χ3v) is 6.22. The van der Waals surface area contributed by atoms with E-state index in [2.05, 4.69) is 24.2 Å². The van der Waals surface area contributed by atoms with E-state index in [9.17, 15) is 9.59 Å². The number of carbonyl (C=O) groups is 2. The number of methoxy groups -OCH3 is 1. The van der Waals surface area contributed by atoms with Crippen molar-refractivity contribution in [2.24, 2.45) is 10.9 Å². The fourth-order valence-electron chi connectivity index (χ4n) is 3.46. The Balaban J connectivity index is 1.93. The molecule has 0 bridgehead atoms. The third-order valence-electron chi connectivity index (χ3n) is 4.99. The summed E-state index contributed by atoms with van der Waals surface area (Å²) in [5.41, 5.74) is 2.55. The van der Waals surface area contributed by atoms with Crippen LogP contribution in [0.4, 0.5) is 0 Å². The number of nitrogens with zero attached hydrogens (tertiary/aromatic N) is 2. The number of thioether (sulfide) groups is 1. The van der Waals surface area contributed by atoms with E-state index in [-0.39, 0.29) is 12.3 Å². The van der Waals surface area contributed by atoms with E-state index in [1.807, 2.05) is 28.5 Å². The number of allylic oxidation sites excluding steroid dienone is 1. The molecule has 0 aliphatic carbocycles. The van der Waals surface area contributed by atoms with Gasteiger partial charge < -0.3 is 15.0 Å². The summed E-state index contributed by atoms with van der Waals surface area (Å²) in [7, 11) is 1.35. The zero-order chi connectivity index (χ0) is 21.8. The summed E-state index contributed by atoms with van der Waals surface area (Å²) in [5.74, 6) is -0.00174. The monoisotopic (exact) mass is 447 g/mol. The van der Waals surface area contributed by atoms with Gasteiger partial charge in [-0.3, -0.25) is 4.79 Å². The van der Waals surface area contributed by atoms with Crippen molar-refractivity contribution in [2.75, 3.05) is 13.7 Å². The molecule has 1 N–H and O–H groups in total. The number of nitrogens with one attached hydrogen (secondary N) is 1. The third kappa shape index (κ3) is 4.73. The summed E-state index contributed by atoms with van der Waals surface area (Å²) in [6.07, 6.45) is 1.12. The van der Waals surface area contributed by atoms with Gasteiger partial charge in [-0.2, -0.15) is 0 Å². The number of amidine groups is 1. The Bertz CT molecular complexity index is 939. The summed E-state index contributed by atoms with van der Waals surface area (Å²) in [4.78, 5) is 31.7. The van der Waals surface area contributed by atoms with Gasteiger partial charge in [-0.1, -0.05) is 55.4 Å². The lowest BCUT2D eigenvalue weighted by molar-refractivity contribution is -0.136. The average Bonchev–Trinajstić information content (AvgIpc) is 3.08. The largest absolute Gasteiger partial charge is 0.466 e. The Morgan fingerprint density at radius 1 is 1.33 bits per heavy atom. The Kier molecular flexibility index (Phi) is 7.26. The zero-order valence-corrected chi connectivity index (χ0v) is 19.1. The Morgan fingerprint density at radius 3 is 2.73 bits per heavy atom. The molecular weight excluding hydrogens is 422 g/mol. The fraction of sp³-hybridized carbons (Fsp3) is 0.409. The fourth-order valence-corrected chi connectivity index (χ4v) is 4.66. The number of fused-ring (bicyclic) bond motifs is 1. The van der Waals surface area contributed by atoms with Gasteiger partial charge in [0.15, 0.2) is 5.17 Å². The number of carbonyl (C=O) groups excluding carboxylic acids is 2. The summed E-state index contributed by atoms with van der Waals surface area (Å²) in [6, 6.07) is 6.88.